The van der Waals surface area contributed by atoms with Crippen LogP contribution in [0.15, 0.2) is 30.9 Å². The van der Waals surface area contributed by atoms with Gasteiger partial charge in [0.1, 0.15) is 11.5 Å². The van der Waals surface area contributed by atoms with E-state index in [1.807, 2.05) is 0 Å². The van der Waals surface area contributed by atoms with Crippen LogP contribution in [0.1, 0.15) is 5.56 Å². The molecule has 17 heavy (non-hydrogen) atoms. The predicted octanol–water partition coefficient (Wildman–Crippen LogP) is 3.21. The lowest BCUT2D eigenvalue weighted by molar-refractivity contribution is -0.137. The van der Waals surface area contributed by atoms with Gasteiger partial charge < -0.3 is 0 Å². The highest BCUT2D eigenvalue weighted by atomic mass is 35.5. The van der Waals surface area contributed by atoms with Crippen molar-refractivity contribution in [3.63, 3.8) is 0 Å². The Bertz CT molecular complexity index is 528. The summed E-state index contributed by atoms with van der Waals surface area (Å²) in [5, 5.41) is -0.223. The Morgan fingerprint density at radius 3 is 2.29 bits per heavy atom. The number of aromatic nitrogens is 3. The van der Waals surface area contributed by atoms with Crippen LogP contribution in [0.2, 0.25) is 5.15 Å². The van der Waals surface area contributed by atoms with Crippen molar-refractivity contribution >= 4 is 11.6 Å². The SMILES string of the molecule is FC(F)(F)c1cc(Cl)nc(-c2cncnc2)c1. The summed E-state index contributed by atoms with van der Waals surface area (Å²) in [5.41, 5.74) is -0.387. The van der Waals surface area contributed by atoms with Gasteiger partial charge in [-0.2, -0.15) is 13.2 Å². The second-order valence-electron chi connectivity index (χ2n) is 3.19. The van der Waals surface area contributed by atoms with Gasteiger partial charge in [0.05, 0.1) is 11.3 Å². The Kier molecular flexibility index (Phi) is 2.97. The molecule has 88 valence electrons. The van der Waals surface area contributed by atoms with Gasteiger partial charge in [-0.1, -0.05) is 11.6 Å². The van der Waals surface area contributed by atoms with Crippen LogP contribution in [0.25, 0.3) is 11.3 Å². The molecule has 0 amide bonds. The second-order valence-corrected chi connectivity index (χ2v) is 3.58. The van der Waals surface area contributed by atoms with Gasteiger partial charge in [-0.15, -0.1) is 0 Å². The monoisotopic (exact) mass is 259 g/mol. The van der Waals surface area contributed by atoms with E-state index in [0.717, 1.165) is 12.1 Å². The number of hydrogen-bond acceptors (Lipinski definition) is 3. The number of nitrogens with zero attached hydrogens (tertiary/aromatic N) is 3. The Hall–Kier alpha value is -1.69. The molecule has 2 heterocycles. The first-order valence-corrected chi connectivity index (χ1v) is 4.85. The minimum atomic E-state index is -4.46. The molecule has 3 nitrogen and oxygen atoms in total. The molecule has 0 bridgehead atoms. The Morgan fingerprint density at radius 2 is 1.71 bits per heavy atom. The van der Waals surface area contributed by atoms with Crippen molar-refractivity contribution in [2.24, 2.45) is 0 Å². The first-order valence-electron chi connectivity index (χ1n) is 4.47. The summed E-state index contributed by atoms with van der Waals surface area (Å²) in [6.45, 7) is 0. The van der Waals surface area contributed by atoms with Crippen LogP contribution < -0.4 is 0 Å². The Balaban J connectivity index is 2.54. The van der Waals surface area contributed by atoms with Crippen molar-refractivity contribution in [3.8, 4) is 11.3 Å². The summed E-state index contributed by atoms with van der Waals surface area (Å²) in [6, 6.07) is 1.68. The zero-order chi connectivity index (χ0) is 12.5. The third kappa shape index (κ3) is 2.71. The van der Waals surface area contributed by atoms with E-state index in [1.54, 1.807) is 0 Å². The maximum Gasteiger partial charge on any atom is 0.416 e. The highest BCUT2D eigenvalue weighted by Crippen LogP contribution is 2.32. The van der Waals surface area contributed by atoms with Crippen LogP contribution in [0.3, 0.4) is 0 Å². The van der Waals surface area contributed by atoms with Gasteiger partial charge in [0.15, 0.2) is 0 Å². The smallest absolute Gasteiger partial charge is 0.244 e. The molecule has 0 aliphatic rings. The average Bonchev–Trinajstić information content (AvgIpc) is 2.28. The van der Waals surface area contributed by atoms with Gasteiger partial charge in [-0.3, -0.25) is 0 Å². The van der Waals surface area contributed by atoms with Crippen LogP contribution in [0.4, 0.5) is 13.2 Å². The normalized spacial score (nSPS) is 11.5. The fourth-order valence-corrected chi connectivity index (χ4v) is 1.45. The quantitative estimate of drug-likeness (QED) is 0.738. The molecule has 0 saturated heterocycles. The minimum absolute atomic E-state index is 0.0884. The number of hydrogen-bond donors (Lipinski definition) is 0. The zero-order valence-electron chi connectivity index (χ0n) is 8.24. The zero-order valence-corrected chi connectivity index (χ0v) is 9.00. The Morgan fingerprint density at radius 1 is 1.06 bits per heavy atom. The van der Waals surface area contributed by atoms with E-state index in [1.165, 1.54) is 18.7 Å². The fraction of sp³-hybridized carbons (Fsp3) is 0.100. The topological polar surface area (TPSA) is 38.7 Å². The number of rotatable bonds is 1. The van der Waals surface area contributed by atoms with Crippen LogP contribution in [-0.2, 0) is 6.18 Å². The highest BCUT2D eigenvalue weighted by molar-refractivity contribution is 6.29. The van der Waals surface area contributed by atoms with Crippen LogP contribution >= 0.6 is 11.6 Å². The van der Waals surface area contributed by atoms with Crippen LogP contribution in [0.5, 0.6) is 0 Å². The van der Waals surface area contributed by atoms with Gasteiger partial charge in [0.25, 0.3) is 0 Å². The molecule has 2 rings (SSSR count). The van der Waals surface area contributed by atoms with Crippen molar-refractivity contribution in [2.45, 2.75) is 6.18 Å². The van der Waals surface area contributed by atoms with Crippen LogP contribution in [0, 0.1) is 0 Å². The molecular weight excluding hydrogens is 255 g/mol. The molecule has 0 radical (unpaired) electrons. The second kappa shape index (κ2) is 4.29. The molecule has 0 aliphatic heterocycles. The third-order valence-corrected chi connectivity index (χ3v) is 2.17. The minimum Gasteiger partial charge on any atom is -0.244 e. The molecule has 2 aromatic rings. The molecule has 0 spiro atoms. The maximum atomic E-state index is 12.5. The lowest BCUT2D eigenvalue weighted by Gasteiger charge is -2.08. The predicted molar refractivity (Wildman–Crippen MR) is 55.3 cm³/mol. The fourth-order valence-electron chi connectivity index (χ4n) is 1.24. The van der Waals surface area contributed by atoms with Gasteiger partial charge in [0, 0.05) is 18.0 Å². The first-order chi connectivity index (χ1) is 7.97. The third-order valence-electron chi connectivity index (χ3n) is 1.98. The van der Waals surface area contributed by atoms with Gasteiger partial charge in [-0.25, -0.2) is 15.0 Å². The van der Waals surface area contributed by atoms with E-state index >= 15 is 0 Å². The lowest BCUT2D eigenvalue weighted by atomic mass is 10.1. The van der Waals surface area contributed by atoms with Crippen molar-refractivity contribution in [1.29, 1.82) is 0 Å². The summed E-state index contributed by atoms with van der Waals surface area (Å²) in [4.78, 5) is 11.2. The molecular formula is C10H5ClF3N3. The number of halogens is 4. The number of alkyl halides is 3. The largest absolute Gasteiger partial charge is 0.416 e. The molecule has 0 unspecified atom stereocenters. The Labute approximate surface area is 99.3 Å². The molecule has 0 atom stereocenters. The van der Waals surface area contributed by atoms with Crippen molar-refractivity contribution in [1.82, 2.24) is 15.0 Å². The molecule has 2 aromatic heterocycles. The van der Waals surface area contributed by atoms with Crippen molar-refractivity contribution < 1.29 is 13.2 Å². The van der Waals surface area contributed by atoms with Crippen molar-refractivity contribution in [3.05, 3.63) is 41.6 Å². The van der Waals surface area contributed by atoms with Crippen molar-refractivity contribution in [2.75, 3.05) is 0 Å². The molecule has 0 fully saturated rings. The summed E-state index contributed by atoms with van der Waals surface area (Å²) in [6.07, 6.45) is -0.451. The summed E-state index contributed by atoms with van der Waals surface area (Å²) >= 11 is 5.55. The molecule has 0 aromatic carbocycles. The van der Waals surface area contributed by atoms with E-state index in [9.17, 15) is 13.2 Å². The molecule has 0 saturated carbocycles. The van der Waals surface area contributed by atoms with E-state index in [4.69, 9.17) is 11.6 Å². The lowest BCUT2D eigenvalue weighted by Crippen LogP contribution is -2.05. The maximum absolute atomic E-state index is 12.5. The van der Waals surface area contributed by atoms with E-state index in [0.29, 0.717) is 5.56 Å². The van der Waals surface area contributed by atoms with Gasteiger partial charge >= 0.3 is 6.18 Å². The van der Waals surface area contributed by atoms with E-state index < -0.39 is 11.7 Å². The van der Waals surface area contributed by atoms with Crippen LogP contribution in [-0.4, -0.2) is 15.0 Å². The first kappa shape index (κ1) is 11.8. The molecule has 7 heteroatoms. The summed E-state index contributed by atoms with van der Waals surface area (Å²) in [5.74, 6) is 0. The number of pyridine rings is 1. The standard InChI is InChI=1S/C10H5ClF3N3/c11-9-2-7(10(12,13)14)1-8(17-9)6-3-15-5-16-4-6/h1-5H. The van der Waals surface area contributed by atoms with Gasteiger partial charge in [-0.05, 0) is 12.1 Å². The van der Waals surface area contributed by atoms with E-state index in [2.05, 4.69) is 15.0 Å². The van der Waals surface area contributed by atoms with E-state index in [-0.39, 0.29) is 10.8 Å². The van der Waals surface area contributed by atoms with Gasteiger partial charge in [0.2, 0.25) is 0 Å². The highest BCUT2D eigenvalue weighted by Gasteiger charge is 2.31. The summed E-state index contributed by atoms with van der Waals surface area (Å²) in [7, 11) is 0. The summed E-state index contributed by atoms with van der Waals surface area (Å²) < 4.78 is 37.6. The average molecular weight is 260 g/mol. The molecule has 0 aliphatic carbocycles. The molecule has 0 N–H and O–H groups in total.